The first kappa shape index (κ1) is 14.4. The van der Waals surface area contributed by atoms with Crippen molar-refractivity contribution in [3.63, 3.8) is 0 Å². The average Bonchev–Trinajstić information content (AvgIpc) is 3.02. The van der Waals surface area contributed by atoms with Gasteiger partial charge in [0.05, 0.1) is 12.5 Å². The number of cyclic esters (lactones) is 1. The minimum absolute atomic E-state index is 0.0742. The summed E-state index contributed by atoms with van der Waals surface area (Å²) in [6.45, 7) is 5.52. The summed E-state index contributed by atoms with van der Waals surface area (Å²) < 4.78 is 16.0. The molecular formula is C17H16O5. The van der Waals surface area contributed by atoms with Gasteiger partial charge < -0.3 is 14.2 Å². The fourth-order valence-electron chi connectivity index (χ4n) is 2.76. The predicted molar refractivity (Wildman–Crippen MR) is 79.1 cm³/mol. The minimum atomic E-state index is -1.66. The molecule has 0 bridgehead atoms. The molecule has 1 saturated heterocycles. The second kappa shape index (κ2) is 4.73. The van der Waals surface area contributed by atoms with Gasteiger partial charge in [-0.05, 0) is 31.2 Å². The molecule has 0 radical (unpaired) electrons. The SMILES string of the molecule is C=C[C@]1(C)COC(=O)[C@]12OC(c1ccc(OC)cc1)=CC2=O. The fraction of sp³-hybridized carbons (Fsp3) is 0.294. The highest BCUT2D eigenvalue weighted by atomic mass is 16.6. The number of carbonyl (C=O) groups excluding carboxylic acids is 2. The van der Waals surface area contributed by atoms with Crippen LogP contribution in [0.5, 0.6) is 5.75 Å². The fourth-order valence-corrected chi connectivity index (χ4v) is 2.76. The van der Waals surface area contributed by atoms with Crippen LogP contribution in [0.2, 0.25) is 0 Å². The third-order valence-corrected chi connectivity index (χ3v) is 4.29. The second-order valence-electron chi connectivity index (χ2n) is 5.58. The van der Waals surface area contributed by atoms with Crippen molar-refractivity contribution in [2.75, 3.05) is 13.7 Å². The first-order chi connectivity index (χ1) is 10.5. The number of rotatable bonds is 3. The van der Waals surface area contributed by atoms with Gasteiger partial charge in [0.1, 0.15) is 18.1 Å². The molecular weight excluding hydrogens is 284 g/mol. The third kappa shape index (κ3) is 1.71. The Morgan fingerprint density at radius 3 is 2.55 bits per heavy atom. The normalized spacial score (nSPS) is 30.0. The summed E-state index contributed by atoms with van der Waals surface area (Å²) in [6, 6.07) is 7.05. The Morgan fingerprint density at radius 1 is 1.27 bits per heavy atom. The lowest BCUT2D eigenvalue weighted by Gasteiger charge is -2.31. The van der Waals surface area contributed by atoms with Gasteiger partial charge in [-0.25, -0.2) is 4.79 Å². The highest BCUT2D eigenvalue weighted by Crippen LogP contribution is 2.49. The summed E-state index contributed by atoms with van der Waals surface area (Å²) in [5.74, 6) is -0.0398. The van der Waals surface area contributed by atoms with Crippen LogP contribution in [0.15, 0.2) is 43.0 Å². The van der Waals surface area contributed by atoms with Gasteiger partial charge in [0.25, 0.3) is 5.60 Å². The monoisotopic (exact) mass is 300 g/mol. The quantitative estimate of drug-likeness (QED) is 0.486. The standard InChI is InChI=1S/C17H16O5/c1-4-16(2)10-21-15(19)17(16)14(18)9-13(22-17)11-5-7-12(20-3)8-6-11/h4-9H,1,10H2,2-3H3/t16-,17+/m1/s1. The van der Waals surface area contributed by atoms with Crippen LogP contribution in [0.3, 0.4) is 0 Å². The van der Waals surface area contributed by atoms with E-state index in [1.807, 2.05) is 0 Å². The molecule has 2 atom stereocenters. The zero-order valence-corrected chi connectivity index (χ0v) is 12.4. The number of ketones is 1. The average molecular weight is 300 g/mol. The number of ether oxygens (including phenoxy) is 3. The van der Waals surface area contributed by atoms with Gasteiger partial charge in [0.2, 0.25) is 5.78 Å². The summed E-state index contributed by atoms with van der Waals surface area (Å²) in [6.07, 6.45) is 2.89. The summed E-state index contributed by atoms with van der Waals surface area (Å²) in [5.41, 5.74) is -1.87. The Kier molecular flexibility index (Phi) is 3.09. The number of hydrogen-bond donors (Lipinski definition) is 0. The van der Waals surface area contributed by atoms with Crippen molar-refractivity contribution in [3.05, 3.63) is 48.6 Å². The van der Waals surface area contributed by atoms with Gasteiger partial charge in [-0.3, -0.25) is 4.79 Å². The third-order valence-electron chi connectivity index (χ3n) is 4.29. The molecule has 0 amide bonds. The first-order valence-corrected chi connectivity index (χ1v) is 6.87. The Morgan fingerprint density at radius 2 is 1.95 bits per heavy atom. The molecule has 0 saturated carbocycles. The molecule has 0 N–H and O–H groups in total. The predicted octanol–water partition coefficient (Wildman–Crippen LogP) is 2.12. The smallest absolute Gasteiger partial charge is 0.359 e. The van der Waals surface area contributed by atoms with Crippen molar-refractivity contribution < 1.29 is 23.8 Å². The molecule has 22 heavy (non-hydrogen) atoms. The van der Waals surface area contributed by atoms with E-state index >= 15 is 0 Å². The van der Waals surface area contributed by atoms with E-state index in [4.69, 9.17) is 14.2 Å². The molecule has 2 aliphatic heterocycles. The second-order valence-corrected chi connectivity index (χ2v) is 5.58. The molecule has 1 aromatic carbocycles. The highest BCUT2D eigenvalue weighted by molar-refractivity contribution is 6.19. The Labute approximate surface area is 128 Å². The van der Waals surface area contributed by atoms with E-state index in [0.717, 1.165) is 0 Å². The maximum Gasteiger partial charge on any atom is 0.359 e. The lowest BCUT2D eigenvalue weighted by atomic mass is 9.73. The van der Waals surface area contributed by atoms with Crippen LogP contribution in [-0.4, -0.2) is 31.1 Å². The molecule has 2 heterocycles. The van der Waals surface area contributed by atoms with Crippen molar-refractivity contribution in [2.45, 2.75) is 12.5 Å². The van der Waals surface area contributed by atoms with Crippen LogP contribution in [-0.2, 0) is 19.1 Å². The molecule has 5 heteroatoms. The molecule has 0 unspecified atom stereocenters. The van der Waals surface area contributed by atoms with Gasteiger partial charge in [-0.1, -0.05) is 6.08 Å². The first-order valence-electron chi connectivity index (χ1n) is 6.87. The van der Waals surface area contributed by atoms with Gasteiger partial charge >= 0.3 is 5.97 Å². The zero-order chi connectivity index (χ0) is 16.0. The number of hydrogen-bond acceptors (Lipinski definition) is 5. The molecule has 1 fully saturated rings. The minimum Gasteiger partial charge on any atom is -0.497 e. The molecule has 5 nitrogen and oxygen atoms in total. The van der Waals surface area contributed by atoms with E-state index in [2.05, 4.69) is 6.58 Å². The van der Waals surface area contributed by atoms with Crippen molar-refractivity contribution in [1.29, 1.82) is 0 Å². The van der Waals surface area contributed by atoms with E-state index in [9.17, 15) is 9.59 Å². The number of methoxy groups -OCH3 is 1. The highest BCUT2D eigenvalue weighted by Gasteiger charge is 2.68. The molecule has 3 rings (SSSR count). The molecule has 1 spiro atoms. The van der Waals surface area contributed by atoms with Crippen molar-refractivity contribution in [1.82, 2.24) is 0 Å². The van der Waals surface area contributed by atoms with Crippen molar-refractivity contribution in [3.8, 4) is 5.75 Å². The summed E-state index contributed by atoms with van der Waals surface area (Å²) in [7, 11) is 1.57. The van der Waals surface area contributed by atoms with Gasteiger partial charge in [-0.2, -0.15) is 0 Å². The number of carbonyl (C=O) groups is 2. The van der Waals surface area contributed by atoms with Crippen LogP contribution in [0, 0.1) is 5.41 Å². The van der Waals surface area contributed by atoms with Crippen LogP contribution >= 0.6 is 0 Å². The molecule has 2 aliphatic rings. The van der Waals surface area contributed by atoms with Gasteiger partial charge in [0, 0.05) is 11.6 Å². The van der Waals surface area contributed by atoms with Crippen LogP contribution in [0.25, 0.3) is 5.76 Å². The van der Waals surface area contributed by atoms with Crippen molar-refractivity contribution in [2.24, 2.45) is 5.41 Å². The summed E-state index contributed by atoms with van der Waals surface area (Å²) >= 11 is 0. The maximum atomic E-state index is 12.5. The maximum absolute atomic E-state index is 12.5. The topological polar surface area (TPSA) is 61.8 Å². The van der Waals surface area contributed by atoms with Gasteiger partial charge in [-0.15, -0.1) is 6.58 Å². The van der Waals surface area contributed by atoms with E-state index in [1.54, 1.807) is 44.4 Å². The Balaban J connectivity index is 1.99. The number of esters is 1. The van der Waals surface area contributed by atoms with Crippen LogP contribution < -0.4 is 4.74 Å². The lowest BCUT2D eigenvalue weighted by Crippen LogP contribution is -2.52. The van der Waals surface area contributed by atoms with Crippen LogP contribution in [0.1, 0.15) is 12.5 Å². The van der Waals surface area contributed by atoms with E-state index in [-0.39, 0.29) is 6.61 Å². The largest absolute Gasteiger partial charge is 0.497 e. The van der Waals surface area contributed by atoms with E-state index in [1.165, 1.54) is 6.08 Å². The molecule has 1 aromatic rings. The Hall–Kier alpha value is -2.56. The zero-order valence-electron chi connectivity index (χ0n) is 12.4. The lowest BCUT2D eigenvalue weighted by molar-refractivity contribution is -0.158. The molecule has 0 aliphatic carbocycles. The van der Waals surface area contributed by atoms with E-state index < -0.39 is 22.8 Å². The summed E-state index contributed by atoms with van der Waals surface area (Å²) in [5, 5.41) is 0. The summed E-state index contributed by atoms with van der Waals surface area (Å²) in [4.78, 5) is 24.7. The number of benzene rings is 1. The molecule has 114 valence electrons. The van der Waals surface area contributed by atoms with Crippen molar-refractivity contribution >= 4 is 17.5 Å². The molecule has 0 aromatic heterocycles. The van der Waals surface area contributed by atoms with Gasteiger partial charge in [0.15, 0.2) is 0 Å². The van der Waals surface area contributed by atoms with E-state index in [0.29, 0.717) is 17.1 Å². The van der Waals surface area contributed by atoms with Crippen LogP contribution in [0.4, 0.5) is 0 Å². The Bertz CT molecular complexity index is 688.